The zero-order chi connectivity index (χ0) is 21.1. The molecule has 3 nitrogen and oxygen atoms in total. The molecule has 4 aliphatic carbocycles. The van der Waals surface area contributed by atoms with Crippen LogP contribution in [0.2, 0.25) is 0 Å². The standard InChI is InChI=1S/C21H29NO2.2C2H6/c1-20-8-6-18-16(17(20)4-3-14(20)11-22)9-13(12-23)19-10-15(24)5-7-21(18,19)2;2*1-2/h10,13-14,16-18,23H,3-9,12H2,1-2H3;2*1-2H3. The number of hydrogen-bond acceptors (Lipinski definition) is 3. The summed E-state index contributed by atoms with van der Waals surface area (Å²) >= 11 is 0. The first-order chi connectivity index (χ1) is 13.4. The highest BCUT2D eigenvalue weighted by molar-refractivity contribution is 5.91. The van der Waals surface area contributed by atoms with Crippen molar-refractivity contribution in [1.29, 1.82) is 5.26 Å². The number of carbonyl (C=O) groups is 1. The molecule has 0 aromatic heterocycles. The number of carbonyl (C=O) groups excluding carboxylic acids is 1. The molecule has 0 radical (unpaired) electrons. The van der Waals surface area contributed by atoms with Gasteiger partial charge in [0.1, 0.15) is 0 Å². The Morgan fingerprint density at radius 1 is 1.11 bits per heavy atom. The minimum Gasteiger partial charge on any atom is -0.396 e. The minimum atomic E-state index is 0.0796. The first-order valence-corrected chi connectivity index (χ1v) is 11.7. The summed E-state index contributed by atoms with van der Waals surface area (Å²) in [4.78, 5) is 12.0. The Kier molecular flexibility index (Phi) is 7.54. The van der Waals surface area contributed by atoms with Crippen LogP contribution in [0.15, 0.2) is 11.6 Å². The average molecular weight is 388 g/mol. The maximum absolute atomic E-state index is 12.0. The molecule has 158 valence electrons. The average Bonchev–Trinajstić information content (AvgIpc) is 3.07. The summed E-state index contributed by atoms with van der Waals surface area (Å²) in [5.74, 6) is 2.43. The highest BCUT2D eigenvalue weighted by Gasteiger charge is 2.60. The quantitative estimate of drug-likeness (QED) is 0.606. The van der Waals surface area contributed by atoms with Crippen LogP contribution in [-0.4, -0.2) is 17.5 Å². The minimum absolute atomic E-state index is 0.0796. The molecule has 1 N–H and O–H groups in total. The Balaban J connectivity index is 0.000000660. The Hall–Kier alpha value is -1.14. The zero-order valence-electron chi connectivity index (χ0n) is 18.9. The van der Waals surface area contributed by atoms with Gasteiger partial charge in [0.25, 0.3) is 0 Å². The molecule has 3 saturated carbocycles. The van der Waals surface area contributed by atoms with E-state index in [0.717, 1.165) is 25.7 Å². The van der Waals surface area contributed by atoms with Crippen LogP contribution in [0.5, 0.6) is 0 Å². The lowest BCUT2D eigenvalue weighted by Crippen LogP contribution is -2.53. The summed E-state index contributed by atoms with van der Waals surface area (Å²) in [7, 11) is 0. The molecule has 0 bridgehead atoms. The van der Waals surface area contributed by atoms with Crippen LogP contribution in [0.25, 0.3) is 0 Å². The summed E-state index contributed by atoms with van der Waals surface area (Å²) in [5, 5.41) is 19.6. The summed E-state index contributed by atoms with van der Waals surface area (Å²) in [5.41, 5.74) is 1.48. The molecule has 0 aromatic rings. The second kappa shape index (κ2) is 9.12. The normalized spacial score (nSPS) is 43.6. The summed E-state index contributed by atoms with van der Waals surface area (Å²) in [6.07, 6.45) is 9.03. The molecule has 3 heteroatoms. The van der Waals surface area contributed by atoms with Gasteiger partial charge in [0.15, 0.2) is 5.78 Å². The molecule has 0 aliphatic heterocycles. The zero-order valence-corrected chi connectivity index (χ0v) is 18.9. The highest BCUT2D eigenvalue weighted by atomic mass is 16.3. The van der Waals surface area contributed by atoms with Crippen molar-refractivity contribution in [3.8, 4) is 6.07 Å². The van der Waals surface area contributed by atoms with Crippen LogP contribution in [0, 0.1) is 51.8 Å². The third kappa shape index (κ3) is 3.47. The lowest BCUT2D eigenvalue weighted by Gasteiger charge is -2.59. The van der Waals surface area contributed by atoms with E-state index in [1.54, 1.807) is 0 Å². The predicted octanol–water partition coefficient (Wildman–Crippen LogP) is 5.93. The second-order valence-corrected chi connectivity index (χ2v) is 9.28. The van der Waals surface area contributed by atoms with Gasteiger partial charge in [-0.05, 0) is 73.2 Å². The maximum Gasteiger partial charge on any atom is 0.155 e. The van der Waals surface area contributed by atoms with E-state index >= 15 is 0 Å². The number of ketones is 1. The molecule has 0 spiro atoms. The Labute approximate surface area is 172 Å². The number of nitriles is 1. The van der Waals surface area contributed by atoms with Crippen LogP contribution in [0.3, 0.4) is 0 Å². The van der Waals surface area contributed by atoms with Crippen molar-refractivity contribution < 1.29 is 9.90 Å². The monoisotopic (exact) mass is 387 g/mol. The fourth-order valence-electron chi connectivity index (χ4n) is 7.17. The molecular weight excluding hydrogens is 346 g/mol. The molecule has 0 aromatic carbocycles. The van der Waals surface area contributed by atoms with E-state index in [9.17, 15) is 15.2 Å². The van der Waals surface area contributed by atoms with Crippen LogP contribution < -0.4 is 0 Å². The SMILES string of the molecule is CC.CC.CC12CCC(=O)C=C1C(CO)CC1C2CCC2(C)C(C#N)CCC12. The van der Waals surface area contributed by atoms with Gasteiger partial charge >= 0.3 is 0 Å². The number of hydrogen-bond donors (Lipinski definition) is 1. The maximum atomic E-state index is 12.0. The Bertz CT molecular complexity index is 633. The van der Waals surface area contributed by atoms with Crippen molar-refractivity contribution in [1.82, 2.24) is 0 Å². The van der Waals surface area contributed by atoms with E-state index in [-0.39, 0.29) is 35.1 Å². The molecule has 0 amide bonds. The summed E-state index contributed by atoms with van der Waals surface area (Å²) in [6, 6.07) is 2.59. The first kappa shape index (κ1) is 23.1. The topological polar surface area (TPSA) is 61.1 Å². The van der Waals surface area contributed by atoms with Crippen molar-refractivity contribution in [3.63, 3.8) is 0 Å². The van der Waals surface area contributed by atoms with Gasteiger partial charge in [-0.2, -0.15) is 5.26 Å². The molecule has 4 aliphatic rings. The van der Waals surface area contributed by atoms with E-state index in [0.29, 0.717) is 24.2 Å². The number of nitrogens with zero attached hydrogens (tertiary/aromatic N) is 1. The highest BCUT2D eigenvalue weighted by Crippen LogP contribution is 2.67. The van der Waals surface area contributed by atoms with Gasteiger partial charge < -0.3 is 5.11 Å². The Morgan fingerprint density at radius 3 is 2.39 bits per heavy atom. The molecule has 0 saturated heterocycles. The fraction of sp³-hybridized carbons (Fsp3) is 0.840. The third-order valence-corrected chi connectivity index (χ3v) is 8.49. The molecular formula is C25H41NO2. The van der Waals surface area contributed by atoms with E-state index in [4.69, 9.17) is 0 Å². The van der Waals surface area contributed by atoms with E-state index in [1.165, 1.54) is 18.4 Å². The van der Waals surface area contributed by atoms with Gasteiger partial charge in [-0.3, -0.25) is 4.79 Å². The van der Waals surface area contributed by atoms with Crippen LogP contribution in [0.4, 0.5) is 0 Å². The first-order valence-electron chi connectivity index (χ1n) is 11.7. The van der Waals surface area contributed by atoms with E-state index < -0.39 is 0 Å². The van der Waals surface area contributed by atoms with Gasteiger partial charge in [-0.25, -0.2) is 0 Å². The number of aliphatic hydroxyl groups excluding tert-OH is 1. The molecule has 7 atom stereocenters. The van der Waals surface area contributed by atoms with Crippen molar-refractivity contribution in [2.75, 3.05) is 6.61 Å². The predicted molar refractivity (Wildman–Crippen MR) is 114 cm³/mol. The molecule has 7 unspecified atom stereocenters. The van der Waals surface area contributed by atoms with Crippen LogP contribution in [0.1, 0.15) is 86.5 Å². The molecule has 4 rings (SSSR count). The third-order valence-electron chi connectivity index (χ3n) is 8.49. The molecule has 28 heavy (non-hydrogen) atoms. The lowest BCUT2D eigenvalue weighted by atomic mass is 9.45. The second-order valence-electron chi connectivity index (χ2n) is 9.28. The van der Waals surface area contributed by atoms with Gasteiger partial charge in [-0.1, -0.05) is 47.1 Å². The van der Waals surface area contributed by atoms with Crippen LogP contribution >= 0.6 is 0 Å². The van der Waals surface area contributed by atoms with Crippen LogP contribution in [-0.2, 0) is 4.79 Å². The number of aliphatic hydroxyl groups is 1. The largest absolute Gasteiger partial charge is 0.396 e. The van der Waals surface area contributed by atoms with Crippen molar-refractivity contribution in [2.24, 2.45) is 40.4 Å². The van der Waals surface area contributed by atoms with Gasteiger partial charge in [0.2, 0.25) is 0 Å². The van der Waals surface area contributed by atoms with Crippen molar-refractivity contribution in [3.05, 3.63) is 11.6 Å². The van der Waals surface area contributed by atoms with E-state index in [1.807, 2.05) is 33.8 Å². The smallest absolute Gasteiger partial charge is 0.155 e. The number of rotatable bonds is 1. The van der Waals surface area contributed by atoms with E-state index in [2.05, 4.69) is 19.9 Å². The number of fused-ring (bicyclic) bond motifs is 5. The lowest BCUT2D eigenvalue weighted by molar-refractivity contribution is -0.118. The van der Waals surface area contributed by atoms with Gasteiger partial charge in [-0.15, -0.1) is 0 Å². The van der Waals surface area contributed by atoms with Gasteiger partial charge in [0.05, 0.1) is 12.0 Å². The Morgan fingerprint density at radius 2 is 1.79 bits per heavy atom. The molecule has 0 heterocycles. The molecule has 3 fully saturated rings. The van der Waals surface area contributed by atoms with Gasteiger partial charge in [0, 0.05) is 18.9 Å². The van der Waals surface area contributed by atoms with Crippen molar-refractivity contribution >= 4 is 5.78 Å². The summed E-state index contributed by atoms with van der Waals surface area (Å²) in [6.45, 7) is 12.9. The fourth-order valence-corrected chi connectivity index (χ4v) is 7.17. The summed E-state index contributed by atoms with van der Waals surface area (Å²) < 4.78 is 0. The van der Waals surface area contributed by atoms with Crippen molar-refractivity contribution in [2.45, 2.75) is 86.5 Å².